The third-order valence-corrected chi connectivity index (χ3v) is 1.62. The maximum absolute atomic E-state index is 10.8. The Morgan fingerprint density at radius 1 is 1.64 bits per heavy atom. The number of nitrogens with one attached hydrogen (secondary N) is 1. The lowest BCUT2D eigenvalue weighted by molar-refractivity contribution is 0.0995. The number of imidazole rings is 1. The van der Waals surface area contributed by atoms with Gasteiger partial charge in [-0.15, -0.1) is 0 Å². The van der Waals surface area contributed by atoms with Gasteiger partial charge in [0, 0.05) is 12.4 Å². The van der Waals surface area contributed by atoms with Crippen LogP contribution in [0.25, 0.3) is 5.65 Å². The lowest BCUT2D eigenvalue weighted by atomic mass is 10.5. The third-order valence-electron chi connectivity index (χ3n) is 1.62. The molecule has 0 bridgehead atoms. The summed E-state index contributed by atoms with van der Waals surface area (Å²) in [5.74, 6) is -0.424. The number of nitrogens with zero attached hydrogens (tertiary/aromatic N) is 1. The lowest BCUT2D eigenvalue weighted by Crippen LogP contribution is -2.12. The van der Waals surface area contributed by atoms with E-state index in [0.29, 0.717) is 5.69 Å². The van der Waals surface area contributed by atoms with Gasteiger partial charge in [-0.1, -0.05) is 0 Å². The Balaban J connectivity index is 2.78. The van der Waals surface area contributed by atoms with E-state index < -0.39 is 5.91 Å². The van der Waals surface area contributed by atoms with Crippen molar-refractivity contribution in [2.45, 2.75) is 0 Å². The number of amides is 1. The first-order valence-corrected chi connectivity index (χ1v) is 3.23. The van der Waals surface area contributed by atoms with E-state index in [1.54, 1.807) is 16.8 Å². The molecule has 0 atom stereocenters. The first-order valence-electron chi connectivity index (χ1n) is 3.23. The highest BCUT2D eigenvalue weighted by atomic mass is 16.1. The summed E-state index contributed by atoms with van der Waals surface area (Å²) in [6.45, 7) is 0. The standard InChI is InChI=1S/C7H7N3O/c8-7(11)5-4-9-6-2-1-3-10(5)6/h1-4,9H,(H2,8,11). The minimum Gasteiger partial charge on any atom is -0.364 e. The molecule has 0 unspecified atom stereocenters. The highest BCUT2D eigenvalue weighted by molar-refractivity contribution is 5.91. The fraction of sp³-hybridized carbons (Fsp3) is 0. The maximum atomic E-state index is 10.8. The molecule has 0 spiro atoms. The van der Waals surface area contributed by atoms with Crippen molar-refractivity contribution in [1.29, 1.82) is 0 Å². The summed E-state index contributed by atoms with van der Waals surface area (Å²) >= 11 is 0. The molecule has 2 rings (SSSR count). The van der Waals surface area contributed by atoms with Gasteiger partial charge in [0.2, 0.25) is 0 Å². The number of rotatable bonds is 1. The van der Waals surface area contributed by atoms with Crippen molar-refractivity contribution in [2.24, 2.45) is 5.73 Å². The highest BCUT2D eigenvalue weighted by Crippen LogP contribution is 2.05. The molecule has 3 N–H and O–H groups in total. The Bertz CT molecular complexity index is 398. The summed E-state index contributed by atoms with van der Waals surface area (Å²) in [4.78, 5) is 13.7. The predicted molar refractivity (Wildman–Crippen MR) is 40.3 cm³/mol. The second-order valence-corrected chi connectivity index (χ2v) is 2.30. The van der Waals surface area contributed by atoms with E-state index in [1.807, 2.05) is 12.1 Å². The molecule has 2 aromatic heterocycles. The number of carbonyl (C=O) groups excluding carboxylic acids is 1. The van der Waals surface area contributed by atoms with Crippen LogP contribution in [0.4, 0.5) is 0 Å². The molecule has 0 aliphatic heterocycles. The van der Waals surface area contributed by atoms with Crippen molar-refractivity contribution in [3.63, 3.8) is 0 Å². The van der Waals surface area contributed by atoms with E-state index >= 15 is 0 Å². The third kappa shape index (κ3) is 0.724. The topological polar surface area (TPSA) is 63.3 Å². The van der Waals surface area contributed by atoms with Gasteiger partial charge in [0.1, 0.15) is 11.3 Å². The Labute approximate surface area is 62.6 Å². The van der Waals surface area contributed by atoms with Gasteiger partial charge in [-0.05, 0) is 12.1 Å². The van der Waals surface area contributed by atoms with Gasteiger partial charge in [0.05, 0.1) is 0 Å². The van der Waals surface area contributed by atoms with Crippen LogP contribution in [-0.4, -0.2) is 15.3 Å². The van der Waals surface area contributed by atoms with Gasteiger partial charge in [0.15, 0.2) is 0 Å². The van der Waals surface area contributed by atoms with Crippen LogP contribution in [0.5, 0.6) is 0 Å². The average molecular weight is 149 g/mol. The number of aromatic amines is 1. The minimum atomic E-state index is -0.424. The van der Waals surface area contributed by atoms with Crippen molar-refractivity contribution in [2.75, 3.05) is 0 Å². The minimum absolute atomic E-state index is 0.424. The van der Waals surface area contributed by atoms with Crippen molar-refractivity contribution >= 4 is 11.6 Å². The molecule has 2 aromatic rings. The van der Waals surface area contributed by atoms with Crippen molar-refractivity contribution < 1.29 is 4.79 Å². The first kappa shape index (κ1) is 6.03. The number of primary amides is 1. The molecule has 56 valence electrons. The van der Waals surface area contributed by atoms with E-state index in [1.165, 1.54) is 0 Å². The second kappa shape index (κ2) is 1.88. The van der Waals surface area contributed by atoms with Gasteiger partial charge in [0.25, 0.3) is 5.91 Å². The Morgan fingerprint density at radius 3 is 3.18 bits per heavy atom. The number of hydrogen-bond acceptors (Lipinski definition) is 1. The Morgan fingerprint density at radius 2 is 2.45 bits per heavy atom. The first-order chi connectivity index (χ1) is 5.29. The average Bonchev–Trinajstić information content (AvgIpc) is 2.41. The van der Waals surface area contributed by atoms with Crippen molar-refractivity contribution in [3.05, 3.63) is 30.2 Å². The molecule has 0 saturated heterocycles. The van der Waals surface area contributed by atoms with Crippen LogP contribution in [0.1, 0.15) is 10.5 Å². The van der Waals surface area contributed by atoms with Crippen LogP contribution in [0.3, 0.4) is 0 Å². The monoisotopic (exact) mass is 149 g/mol. The number of hydrogen-bond donors (Lipinski definition) is 2. The van der Waals surface area contributed by atoms with Crippen molar-refractivity contribution in [1.82, 2.24) is 9.38 Å². The van der Waals surface area contributed by atoms with Crippen molar-refractivity contribution in [3.8, 4) is 0 Å². The van der Waals surface area contributed by atoms with Gasteiger partial charge < -0.3 is 10.7 Å². The molecule has 0 aromatic carbocycles. The molecule has 0 aliphatic rings. The van der Waals surface area contributed by atoms with Crippen LogP contribution in [0.2, 0.25) is 0 Å². The molecule has 0 saturated carbocycles. The lowest BCUT2D eigenvalue weighted by Gasteiger charge is -1.89. The zero-order valence-corrected chi connectivity index (χ0v) is 5.74. The summed E-state index contributed by atoms with van der Waals surface area (Å²) < 4.78 is 1.71. The molecule has 0 radical (unpaired) electrons. The smallest absolute Gasteiger partial charge is 0.267 e. The van der Waals surface area contributed by atoms with Gasteiger partial charge in [-0.3, -0.25) is 9.20 Å². The summed E-state index contributed by atoms with van der Waals surface area (Å²) in [7, 11) is 0. The largest absolute Gasteiger partial charge is 0.364 e. The zero-order chi connectivity index (χ0) is 7.84. The second-order valence-electron chi connectivity index (χ2n) is 2.30. The molecule has 1 amide bonds. The number of nitrogens with two attached hydrogens (primary N) is 1. The summed E-state index contributed by atoms with van der Waals surface area (Å²) in [5.41, 5.74) is 6.45. The molecule has 0 fully saturated rings. The summed E-state index contributed by atoms with van der Waals surface area (Å²) in [5, 5.41) is 0. The van der Waals surface area contributed by atoms with Crippen LogP contribution >= 0.6 is 0 Å². The molecule has 4 nitrogen and oxygen atoms in total. The van der Waals surface area contributed by atoms with Gasteiger partial charge >= 0.3 is 0 Å². The fourth-order valence-corrected chi connectivity index (χ4v) is 1.11. The van der Waals surface area contributed by atoms with Crippen LogP contribution in [0.15, 0.2) is 24.5 Å². The van der Waals surface area contributed by atoms with Crippen LogP contribution in [0, 0.1) is 0 Å². The van der Waals surface area contributed by atoms with Crippen LogP contribution in [-0.2, 0) is 0 Å². The van der Waals surface area contributed by atoms with E-state index in [9.17, 15) is 4.79 Å². The van der Waals surface area contributed by atoms with Gasteiger partial charge in [-0.25, -0.2) is 0 Å². The Hall–Kier alpha value is -1.71. The molecule has 4 heteroatoms. The Kier molecular flexibility index (Phi) is 1.03. The molecular weight excluding hydrogens is 142 g/mol. The zero-order valence-electron chi connectivity index (χ0n) is 5.74. The summed E-state index contributed by atoms with van der Waals surface area (Å²) in [6, 6.07) is 3.71. The summed E-state index contributed by atoms with van der Waals surface area (Å²) in [6.07, 6.45) is 3.38. The van der Waals surface area contributed by atoms with E-state index in [-0.39, 0.29) is 0 Å². The van der Waals surface area contributed by atoms with E-state index in [4.69, 9.17) is 5.73 Å². The molecular formula is C7H7N3O. The van der Waals surface area contributed by atoms with Gasteiger partial charge in [-0.2, -0.15) is 0 Å². The number of aromatic nitrogens is 2. The fourth-order valence-electron chi connectivity index (χ4n) is 1.11. The normalized spacial score (nSPS) is 10.5. The number of H-pyrrole nitrogens is 1. The SMILES string of the molecule is NC(=O)c1c[nH]c2cccn12. The van der Waals surface area contributed by atoms with Crippen LogP contribution < -0.4 is 5.73 Å². The quantitative estimate of drug-likeness (QED) is 0.604. The highest BCUT2D eigenvalue weighted by Gasteiger charge is 2.05. The predicted octanol–water partition coefficient (Wildman–Crippen LogP) is 0.366. The number of carbonyl (C=O) groups is 1. The number of fused-ring (bicyclic) bond motifs is 1. The molecule has 0 aliphatic carbocycles. The molecule has 11 heavy (non-hydrogen) atoms. The maximum Gasteiger partial charge on any atom is 0.267 e. The molecule has 2 heterocycles. The van der Waals surface area contributed by atoms with E-state index in [2.05, 4.69) is 4.98 Å². The van der Waals surface area contributed by atoms with E-state index in [0.717, 1.165) is 5.65 Å².